The topological polar surface area (TPSA) is 168 Å². The number of ether oxygens (including phenoxy) is 1. The van der Waals surface area contributed by atoms with E-state index in [4.69, 9.17) is 18.9 Å². The van der Waals surface area contributed by atoms with E-state index in [-0.39, 0.29) is 51.0 Å². The van der Waals surface area contributed by atoms with Crippen molar-refractivity contribution in [2.45, 2.75) is 251 Å². The van der Waals surface area contributed by atoms with Crippen molar-refractivity contribution in [3.63, 3.8) is 0 Å². The summed E-state index contributed by atoms with van der Waals surface area (Å²) in [7, 11) is -4.82. The molecule has 0 saturated carbocycles. The first kappa shape index (κ1) is 56.2. The molecule has 0 heterocycles. The van der Waals surface area contributed by atoms with Crippen LogP contribution in [0.2, 0.25) is 0 Å². The lowest BCUT2D eigenvalue weighted by Gasteiger charge is -2.25. The molecule has 0 bridgehead atoms. The molecule has 0 fully saturated rings. The molecule has 2 atom stereocenters. The van der Waals surface area contributed by atoms with E-state index >= 15 is 0 Å². The molecule has 2 unspecified atom stereocenters. The maximum atomic E-state index is 12.9. The number of Topliss-reactive ketones (excluding diaryl/α,β-unsaturated/α-hetero) is 1. The molecule has 0 aliphatic heterocycles. The van der Waals surface area contributed by atoms with Crippen molar-refractivity contribution in [3.05, 3.63) is 0 Å². The Morgan fingerprint density at radius 1 is 0.534 bits per heavy atom. The summed E-state index contributed by atoms with van der Waals surface area (Å²) in [5, 5.41) is 11.2. The molecule has 0 aromatic rings. The fourth-order valence-corrected chi connectivity index (χ4v) is 7.86. The van der Waals surface area contributed by atoms with Crippen LogP contribution >= 0.6 is 7.82 Å². The quantitative estimate of drug-likeness (QED) is 0.0342. The standard InChI is InChI=1S/C46H88NO10P/c1-3-5-7-9-11-13-15-17-19-21-23-25-27-29-31-34-42(48)40-43(41-56-58(53,54)55-39-38-47-44(49)35-33-36-45(50)51)57-46(52)37-32-30-28-26-24-22-20-18-16-14-12-10-8-6-4-2/h43H,3-41H2,1-2H3,(H,47,49)(H,50,51)(H,53,54)/p-1. The highest BCUT2D eigenvalue weighted by molar-refractivity contribution is 7.45. The number of phosphoric acid groups is 1. The van der Waals surface area contributed by atoms with E-state index < -0.39 is 38.4 Å². The zero-order valence-corrected chi connectivity index (χ0v) is 38.1. The van der Waals surface area contributed by atoms with Crippen LogP contribution in [-0.2, 0) is 37.5 Å². The van der Waals surface area contributed by atoms with Crippen molar-refractivity contribution in [2.24, 2.45) is 0 Å². The number of ketones is 1. The highest BCUT2D eigenvalue weighted by atomic mass is 31.2. The van der Waals surface area contributed by atoms with Gasteiger partial charge < -0.3 is 29.1 Å². The van der Waals surface area contributed by atoms with Crippen LogP contribution in [0.4, 0.5) is 0 Å². The fourth-order valence-electron chi connectivity index (χ4n) is 7.12. The van der Waals surface area contributed by atoms with Crippen molar-refractivity contribution in [3.8, 4) is 0 Å². The van der Waals surface area contributed by atoms with Gasteiger partial charge in [-0.1, -0.05) is 194 Å². The maximum absolute atomic E-state index is 12.9. The Morgan fingerprint density at radius 2 is 0.931 bits per heavy atom. The third kappa shape index (κ3) is 42.3. The van der Waals surface area contributed by atoms with Gasteiger partial charge in [0.15, 0.2) is 0 Å². The summed E-state index contributed by atoms with van der Waals surface area (Å²) in [6, 6.07) is 0. The second kappa shape index (κ2) is 41.9. The van der Waals surface area contributed by atoms with Crippen molar-refractivity contribution >= 4 is 31.5 Å². The number of carbonyl (C=O) groups excluding carboxylic acids is 3. The van der Waals surface area contributed by atoms with E-state index in [1.165, 1.54) is 141 Å². The normalized spacial score (nSPS) is 12.9. The Hall–Kier alpha value is -1.81. The van der Waals surface area contributed by atoms with Crippen LogP contribution in [0.5, 0.6) is 0 Å². The van der Waals surface area contributed by atoms with Gasteiger partial charge in [0.1, 0.15) is 11.9 Å². The van der Waals surface area contributed by atoms with Crippen molar-refractivity contribution in [1.29, 1.82) is 0 Å². The number of carboxylic acid groups (broad SMARTS) is 1. The number of unbranched alkanes of at least 4 members (excludes halogenated alkanes) is 28. The molecule has 0 aliphatic carbocycles. The number of esters is 1. The molecule has 12 heteroatoms. The third-order valence-corrected chi connectivity index (χ3v) is 11.6. The first-order valence-electron chi connectivity index (χ1n) is 23.9. The van der Waals surface area contributed by atoms with E-state index in [2.05, 4.69) is 19.2 Å². The number of hydrogen-bond donors (Lipinski definition) is 2. The Labute approximate surface area is 354 Å². The van der Waals surface area contributed by atoms with Gasteiger partial charge in [0.05, 0.1) is 13.2 Å². The van der Waals surface area contributed by atoms with Gasteiger partial charge in [0.25, 0.3) is 7.82 Å². The zero-order chi connectivity index (χ0) is 42.8. The van der Waals surface area contributed by atoms with Gasteiger partial charge in [0.2, 0.25) is 5.91 Å². The first-order valence-corrected chi connectivity index (χ1v) is 25.4. The van der Waals surface area contributed by atoms with Crippen LogP contribution in [0.15, 0.2) is 0 Å². The van der Waals surface area contributed by atoms with Gasteiger partial charge in [-0.2, -0.15) is 0 Å². The van der Waals surface area contributed by atoms with Crippen molar-refractivity contribution < 1.29 is 47.5 Å². The average Bonchev–Trinajstić information content (AvgIpc) is 3.18. The highest BCUT2D eigenvalue weighted by Gasteiger charge is 2.22. The van der Waals surface area contributed by atoms with Gasteiger partial charge in [-0.05, 0) is 19.3 Å². The number of aliphatic carboxylic acids is 1. The van der Waals surface area contributed by atoms with E-state index in [9.17, 15) is 28.6 Å². The lowest BCUT2D eigenvalue weighted by molar-refractivity contribution is -0.228. The van der Waals surface area contributed by atoms with Crippen LogP contribution in [0, 0.1) is 0 Å². The minimum atomic E-state index is -4.82. The second-order valence-corrected chi connectivity index (χ2v) is 17.8. The monoisotopic (exact) mass is 845 g/mol. The molecule has 11 nitrogen and oxygen atoms in total. The fraction of sp³-hybridized carbons (Fsp3) is 0.913. The number of amides is 1. The molecule has 0 aliphatic rings. The molecule has 0 saturated heterocycles. The van der Waals surface area contributed by atoms with E-state index in [0.717, 1.165) is 44.9 Å². The van der Waals surface area contributed by atoms with Gasteiger partial charge in [-0.3, -0.25) is 23.7 Å². The summed E-state index contributed by atoms with van der Waals surface area (Å²) < 4.78 is 27.9. The lowest BCUT2D eigenvalue weighted by atomic mass is 10.0. The molecule has 342 valence electrons. The summed E-state index contributed by atoms with van der Waals surface area (Å²) in [5.41, 5.74) is 0. The lowest BCUT2D eigenvalue weighted by Crippen LogP contribution is -2.29. The molecule has 0 aromatic heterocycles. The summed E-state index contributed by atoms with van der Waals surface area (Å²) in [6.45, 7) is 3.47. The van der Waals surface area contributed by atoms with Gasteiger partial charge in [0, 0.05) is 38.6 Å². The van der Waals surface area contributed by atoms with Crippen LogP contribution in [-0.4, -0.2) is 54.6 Å². The second-order valence-electron chi connectivity index (χ2n) is 16.4. The van der Waals surface area contributed by atoms with Gasteiger partial charge >= 0.3 is 11.9 Å². The third-order valence-electron chi connectivity index (χ3n) is 10.7. The maximum Gasteiger partial charge on any atom is 0.306 e. The van der Waals surface area contributed by atoms with Gasteiger partial charge in [-0.15, -0.1) is 0 Å². The molecule has 0 spiro atoms. The number of carbonyl (C=O) groups is 4. The van der Waals surface area contributed by atoms with Crippen LogP contribution in [0.1, 0.15) is 245 Å². The summed E-state index contributed by atoms with van der Waals surface area (Å²) in [4.78, 5) is 60.5. The Morgan fingerprint density at radius 3 is 1.34 bits per heavy atom. The van der Waals surface area contributed by atoms with Crippen molar-refractivity contribution in [1.82, 2.24) is 5.32 Å². The summed E-state index contributed by atoms with van der Waals surface area (Å²) in [5.74, 6) is -1.99. The number of phosphoric ester groups is 1. The highest BCUT2D eigenvalue weighted by Crippen LogP contribution is 2.38. The largest absolute Gasteiger partial charge is 0.756 e. The number of rotatable bonds is 46. The van der Waals surface area contributed by atoms with E-state index in [1.807, 2.05) is 0 Å². The number of nitrogens with one attached hydrogen (secondary N) is 1. The molecular formula is C46H87NO10P-. The van der Waals surface area contributed by atoms with Gasteiger partial charge in [-0.25, -0.2) is 0 Å². The average molecular weight is 845 g/mol. The molecular weight excluding hydrogens is 757 g/mol. The first-order chi connectivity index (χ1) is 28.1. The predicted molar refractivity (Wildman–Crippen MR) is 233 cm³/mol. The van der Waals surface area contributed by atoms with E-state index in [0.29, 0.717) is 12.8 Å². The van der Waals surface area contributed by atoms with Crippen LogP contribution < -0.4 is 10.2 Å². The molecule has 0 radical (unpaired) electrons. The molecule has 58 heavy (non-hydrogen) atoms. The van der Waals surface area contributed by atoms with E-state index in [1.54, 1.807) is 0 Å². The van der Waals surface area contributed by atoms with Crippen molar-refractivity contribution in [2.75, 3.05) is 19.8 Å². The minimum Gasteiger partial charge on any atom is -0.756 e. The minimum absolute atomic E-state index is 0.00227. The van der Waals surface area contributed by atoms with Crippen LogP contribution in [0.25, 0.3) is 0 Å². The Balaban J connectivity index is 4.48. The number of hydrogen-bond acceptors (Lipinski definition) is 9. The summed E-state index contributed by atoms with van der Waals surface area (Å²) in [6.07, 6.45) is 36.1. The molecule has 1 amide bonds. The molecule has 0 aromatic carbocycles. The Bertz CT molecular complexity index is 994. The summed E-state index contributed by atoms with van der Waals surface area (Å²) >= 11 is 0. The predicted octanol–water partition coefficient (Wildman–Crippen LogP) is 12.3. The zero-order valence-electron chi connectivity index (χ0n) is 37.2. The SMILES string of the molecule is CCCCCCCCCCCCCCCCCC(=O)CC(COP(=O)([O-])OCCNC(=O)CCCC(=O)O)OC(=O)CCCCCCCCCCCCCCCCC. The number of carboxylic acids is 1. The molecule has 0 rings (SSSR count). The van der Waals surface area contributed by atoms with Crippen LogP contribution in [0.3, 0.4) is 0 Å². The Kier molecular flexibility index (Phi) is 40.6. The molecule has 2 N–H and O–H groups in total. The smallest absolute Gasteiger partial charge is 0.306 e.